The zero-order valence-electron chi connectivity index (χ0n) is 12.6. The number of anilines is 1. The molecular weight excluding hydrogens is 346 g/mol. The molecule has 5 heteroatoms. The standard InChI is InChI=1S/C17H18BrNO3/c1-3-21-15-9-12(10-16(11-15)22-4-2)17(20)19-14-7-5-13(18)6-8-14/h5-11H,3-4H2,1-2H3,(H,19,20). The first-order valence-corrected chi connectivity index (χ1v) is 7.89. The molecule has 0 bridgehead atoms. The average molecular weight is 364 g/mol. The summed E-state index contributed by atoms with van der Waals surface area (Å²) in [5, 5.41) is 2.85. The quantitative estimate of drug-likeness (QED) is 0.821. The van der Waals surface area contributed by atoms with E-state index in [4.69, 9.17) is 9.47 Å². The lowest BCUT2D eigenvalue weighted by molar-refractivity contribution is 0.102. The van der Waals surface area contributed by atoms with Crippen molar-refractivity contribution in [2.75, 3.05) is 18.5 Å². The Labute approximate surface area is 138 Å². The fraction of sp³-hybridized carbons (Fsp3) is 0.235. The molecule has 1 N–H and O–H groups in total. The molecule has 116 valence electrons. The van der Waals surface area contributed by atoms with E-state index in [1.165, 1.54) is 0 Å². The van der Waals surface area contributed by atoms with E-state index in [0.29, 0.717) is 30.3 Å². The van der Waals surface area contributed by atoms with Gasteiger partial charge in [0.15, 0.2) is 0 Å². The maximum atomic E-state index is 12.4. The lowest BCUT2D eigenvalue weighted by Crippen LogP contribution is -2.12. The predicted molar refractivity (Wildman–Crippen MR) is 90.9 cm³/mol. The first-order chi connectivity index (χ1) is 10.6. The molecule has 1 amide bonds. The van der Waals surface area contributed by atoms with Crippen molar-refractivity contribution in [3.63, 3.8) is 0 Å². The van der Waals surface area contributed by atoms with E-state index < -0.39 is 0 Å². The van der Waals surface area contributed by atoms with Crippen LogP contribution in [0.1, 0.15) is 24.2 Å². The Morgan fingerprint density at radius 3 is 2.05 bits per heavy atom. The molecule has 2 aromatic rings. The van der Waals surface area contributed by atoms with Gasteiger partial charge in [0.1, 0.15) is 11.5 Å². The summed E-state index contributed by atoms with van der Waals surface area (Å²) in [5.41, 5.74) is 1.23. The van der Waals surface area contributed by atoms with Crippen LogP contribution >= 0.6 is 15.9 Å². The minimum Gasteiger partial charge on any atom is -0.494 e. The molecule has 0 spiro atoms. The van der Waals surface area contributed by atoms with Gasteiger partial charge in [-0.25, -0.2) is 0 Å². The van der Waals surface area contributed by atoms with Crippen LogP contribution in [0.2, 0.25) is 0 Å². The zero-order chi connectivity index (χ0) is 15.9. The lowest BCUT2D eigenvalue weighted by atomic mass is 10.1. The van der Waals surface area contributed by atoms with E-state index in [0.717, 1.165) is 10.2 Å². The normalized spacial score (nSPS) is 10.1. The molecule has 2 aromatic carbocycles. The molecule has 0 aliphatic carbocycles. The minimum absolute atomic E-state index is 0.204. The minimum atomic E-state index is -0.204. The smallest absolute Gasteiger partial charge is 0.255 e. The molecule has 0 aliphatic rings. The number of nitrogens with one attached hydrogen (secondary N) is 1. The summed E-state index contributed by atoms with van der Waals surface area (Å²) in [6.07, 6.45) is 0. The van der Waals surface area contributed by atoms with Crippen molar-refractivity contribution in [1.29, 1.82) is 0 Å². The van der Waals surface area contributed by atoms with Gasteiger partial charge < -0.3 is 14.8 Å². The largest absolute Gasteiger partial charge is 0.494 e. The molecule has 0 unspecified atom stereocenters. The predicted octanol–water partition coefficient (Wildman–Crippen LogP) is 4.50. The number of amides is 1. The van der Waals surface area contributed by atoms with Crippen LogP contribution in [-0.4, -0.2) is 19.1 Å². The number of carbonyl (C=O) groups excluding carboxylic acids is 1. The van der Waals surface area contributed by atoms with E-state index >= 15 is 0 Å². The highest BCUT2D eigenvalue weighted by Crippen LogP contribution is 2.24. The topological polar surface area (TPSA) is 47.6 Å². The van der Waals surface area contributed by atoms with Crippen LogP contribution in [0.5, 0.6) is 11.5 Å². The van der Waals surface area contributed by atoms with Gasteiger partial charge in [0.2, 0.25) is 0 Å². The number of halogens is 1. The molecule has 4 nitrogen and oxygen atoms in total. The van der Waals surface area contributed by atoms with Crippen molar-refractivity contribution < 1.29 is 14.3 Å². The van der Waals surface area contributed by atoms with Crippen LogP contribution < -0.4 is 14.8 Å². The summed E-state index contributed by atoms with van der Waals surface area (Å²) in [7, 11) is 0. The van der Waals surface area contributed by atoms with E-state index in [1.807, 2.05) is 38.1 Å². The third kappa shape index (κ3) is 4.49. The molecule has 0 saturated carbocycles. The van der Waals surface area contributed by atoms with Crippen molar-refractivity contribution in [3.8, 4) is 11.5 Å². The van der Waals surface area contributed by atoms with Gasteiger partial charge in [-0.3, -0.25) is 4.79 Å². The van der Waals surface area contributed by atoms with Gasteiger partial charge in [0.25, 0.3) is 5.91 Å². The number of hydrogen-bond donors (Lipinski definition) is 1. The average Bonchev–Trinajstić information content (AvgIpc) is 2.50. The third-order valence-corrected chi connectivity index (χ3v) is 3.39. The van der Waals surface area contributed by atoms with Gasteiger partial charge in [-0.15, -0.1) is 0 Å². The third-order valence-electron chi connectivity index (χ3n) is 2.87. The van der Waals surface area contributed by atoms with E-state index in [-0.39, 0.29) is 5.91 Å². The summed E-state index contributed by atoms with van der Waals surface area (Å²) >= 11 is 3.36. The molecular formula is C17H18BrNO3. The fourth-order valence-electron chi connectivity index (χ4n) is 1.94. The molecule has 0 atom stereocenters. The second-order valence-electron chi connectivity index (χ2n) is 4.52. The molecule has 0 saturated heterocycles. The van der Waals surface area contributed by atoms with Crippen molar-refractivity contribution in [3.05, 3.63) is 52.5 Å². The number of hydrogen-bond acceptors (Lipinski definition) is 3. The highest BCUT2D eigenvalue weighted by atomic mass is 79.9. The summed E-state index contributed by atoms with van der Waals surface area (Å²) in [6.45, 7) is 4.86. The first-order valence-electron chi connectivity index (χ1n) is 7.10. The molecule has 0 aromatic heterocycles. The monoisotopic (exact) mass is 363 g/mol. The van der Waals surface area contributed by atoms with Crippen LogP contribution in [0.25, 0.3) is 0 Å². The van der Waals surface area contributed by atoms with Crippen LogP contribution in [0.4, 0.5) is 5.69 Å². The highest BCUT2D eigenvalue weighted by molar-refractivity contribution is 9.10. The van der Waals surface area contributed by atoms with Crippen LogP contribution in [0, 0.1) is 0 Å². The number of ether oxygens (including phenoxy) is 2. The lowest BCUT2D eigenvalue weighted by Gasteiger charge is -2.11. The Morgan fingerprint density at radius 2 is 1.55 bits per heavy atom. The Kier molecular flexibility index (Phi) is 5.83. The molecule has 0 fully saturated rings. The summed E-state index contributed by atoms with van der Waals surface area (Å²) in [5.74, 6) is 1.04. The Morgan fingerprint density at radius 1 is 1.00 bits per heavy atom. The van der Waals surface area contributed by atoms with Gasteiger partial charge in [-0.2, -0.15) is 0 Å². The van der Waals surface area contributed by atoms with Crippen LogP contribution in [0.15, 0.2) is 46.9 Å². The fourth-order valence-corrected chi connectivity index (χ4v) is 2.20. The second kappa shape index (κ2) is 7.84. The van der Waals surface area contributed by atoms with E-state index in [2.05, 4.69) is 21.2 Å². The van der Waals surface area contributed by atoms with Crippen molar-refractivity contribution >= 4 is 27.5 Å². The molecule has 0 aliphatic heterocycles. The van der Waals surface area contributed by atoms with E-state index in [1.54, 1.807) is 18.2 Å². The maximum Gasteiger partial charge on any atom is 0.255 e. The maximum absolute atomic E-state index is 12.4. The Bertz CT molecular complexity index is 617. The Balaban J connectivity index is 2.21. The highest BCUT2D eigenvalue weighted by Gasteiger charge is 2.10. The number of carbonyl (C=O) groups is 1. The van der Waals surface area contributed by atoms with Crippen molar-refractivity contribution in [2.45, 2.75) is 13.8 Å². The SMILES string of the molecule is CCOc1cc(OCC)cc(C(=O)Nc2ccc(Br)cc2)c1. The second-order valence-corrected chi connectivity index (χ2v) is 5.44. The molecule has 22 heavy (non-hydrogen) atoms. The number of rotatable bonds is 6. The zero-order valence-corrected chi connectivity index (χ0v) is 14.1. The van der Waals surface area contributed by atoms with Crippen molar-refractivity contribution in [1.82, 2.24) is 0 Å². The van der Waals surface area contributed by atoms with Gasteiger partial charge in [0, 0.05) is 21.8 Å². The molecule has 0 heterocycles. The Hall–Kier alpha value is -2.01. The summed E-state index contributed by atoms with van der Waals surface area (Å²) in [4.78, 5) is 12.4. The summed E-state index contributed by atoms with van der Waals surface area (Å²) < 4.78 is 11.9. The van der Waals surface area contributed by atoms with Crippen LogP contribution in [0.3, 0.4) is 0 Å². The van der Waals surface area contributed by atoms with Crippen LogP contribution in [-0.2, 0) is 0 Å². The van der Waals surface area contributed by atoms with Crippen molar-refractivity contribution in [2.24, 2.45) is 0 Å². The summed E-state index contributed by atoms with van der Waals surface area (Å²) in [6, 6.07) is 12.6. The first kappa shape index (κ1) is 16.4. The number of benzene rings is 2. The van der Waals surface area contributed by atoms with Gasteiger partial charge in [-0.05, 0) is 50.2 Å². The molecule has 2 rings (SSSR count). The van der Waals surface area contributed by atoms with Gasteiger partial charge in [-0.1, -0.05) is 15.9 Å². The van der Waals surface area contributed by atoms with Gasteiger partial charge in [0.05, 0.1) is 13.2 Å². The van der Waals surface area contributed by atoms with Gasteiger partial charge >= 0.3 is 0 Å². The molecule has 0 radical (unpaired) electrons. The van der Waals surface area contributed by atoms with E-state index in [9.17, 15) is 4.79 Å².